The molecule has 1 aromatic heterocycles. The lowest BCUT2D eigenvalue weighted by molar-refractivity contribution is 0.0526. The first kappa shape index (κ1) is 18.8. The topological polar surface area (TPSA) is 73.6 Å². The Bertz CT molecular complexity index is 999. The molecule has 3 rings (SSSR count). The fourth-order valence-corrected chi connectivity index (χ4v) is 3.11. The van der Waals surface area contributed by atoms with Gasteiger partial charge in [-0.15, -0.1) is 0 Å². The van der Waals surface area contributed by atoms with Crippen molar-refractivity contribution in [3.8, 4) is 22.9 Å². The molecular formula is C21H24N2O4. The number of methoxy groups -OCH3 is 1. The van der Waals surface area contributed by atoms with Gasteiger partial charge >= 0.3 is 5.97 Å². The molecule has 0 bridgehead atoms. The first-order valence-corrected chi connectivity index (χ1v) is 8.83. The summed E-state index contributed by atoms with van der Waals surface area (Å²) in [4.78, 5) is 16.8. The van der Waals surface area contributed by atoms with Gasteiger partial charge in [-0.3, -0.25) is 0 Å². The van der Waals surface area contributed by atoms with Gasteiger partial charge in [0.15, 0.2) is 11.5 Å². The van der Waals surface area contributed by atoms with Gasteiger partial charge in [-0.05, 0) is 64.1 Å². The first-order valence-electron chi connectivity index (χ1n) is 8.83. The molecule has 142 valence electrons. The van der Waals surface area contributed by atoms with Gasteiger partial charge in [0.2, 0.25) is 0 Å². The van der Waals surface area contributed by atoms with Gasteiger partial charge in [0.25, 0.3) is 0 Å². The van der Waals surface area contributed by atoms with E-state index in [4.69, 9.17) is 14.5 Å². The van der Waals surface area contributed by atoms with Crippen molar-refractivity contribution >= 4 is 17.0 Å². The number of rotatable bonds is 4. The lowest BCUT2D eigenvalue weighted by Gasteiger charge is -2.25. The fraction of sp³-hybridized carbons (Fsp3) is 0.333. The maximum Gasteiger partial charge on any atom is 0.338 e. The van der Waals surface area contributed by atoms with Crippen LogP contribution in [0.2, 0.25) is 0 Å². The third-order valence-electron chi connectivity index (χ3n) is 4.27. The minimum absolute atomic E-state index is 0.0734. The molecule has 0 amide bonds. The molecule has 0 atom stereocenters. The number of ether oxygens (including phenoxy) is 2. The number of aromatic nitrogens is 2. The van der Waals surface area contributed by atoms with Crippen molar-refractivity contribution in [3.63, 3.8) is 0 Å². The van der Waals surface area contributed by atoms with Gasteiger partial charge in [-0.25, -0.2) is 9.78 Å². The summed E-state index contributed by atoms with van der Waals surface area (Å²) in [7, 11) is 1.51. The summed E-state index contributed by atoms with van der Waals surface area (Å²) >= 11 is 0. The molecule has 0 aliphatic rings. The quantitative estimate of drug-likeness (QED) is 0.693. The number of fused-ring (bicyclic) bond motifs is 1. The van der Waals surface area contributed by atoms with Crippen LogP contribution in [0.15, 0.2) is 36.4 Å². The second kappa shape index (κ2) is 6.95. The predicted molar refractivity (Wildman–Crippen MR) is 104 cm³/mol. The summed E-state index contributed by atoms with van der Waals surface area (Å²) < 4.78 is 12.4. The molecule has 6 nitrogen and oxygen atoms in total. The van der Waals surface area contributed by atoms with Crippen molar-refractivity contribution in [2.24, 2.45) is 0 Å². The molecule has 0 spiro atoms. The van der Waals surface area contributed by atoms with Gasteiger partial charge in [0.1, 0.15) is 5.82 Å². The van der Waals surface area contributed by atoms with Crippen molar-refractivity contribution in [3.05, 3.63) is 42.0 Å². The lowest BCUT2D eigenvalue weighted by atomic mass is 10.1. The average Bonchev–Trinajstić information content (AvgIpc) is 3.01. The monoisotopic (exact) mass is 368 g/mol. The molecule has 1 N–H and O–H groups in total. The number of hydrogen-bond donors (Lipinski definition) is 1. The summed E-state index contributed by atoms with van der Waals surface area (Å²) in [6, 6.07) is 10.5. The van der Waals surface area contributed by atoms with Crippen LogP contribution in [0, 0.1) is 0 Å². The number of esters is 1. The Morgan fingerprint density at radius 1 is 1.19 bits per heavy atom. The van der Waals surface area contributed by atoms with Crippen molar-refractivity contribution < 1.29 is 19.4 Å². The van der Waals surface area contributed by atoms with Gasteiger partial charge in [-0.2, -0.15) is 0 Å². The van der Waals surface area contributed by atoms with E-state index in [1.165, 1.54) is 7.11 Å². The number of phenolic OH excluding ortho intramolecular Hbond substituents is 1. The molecule has 0 saturated heterocycles. The number of aromatic hydroxyl groups is 1. The Kier molecular flexibility index (Phi) is 4.83. The van der Waals surface area contributed by atoms with E-state index in [1.807, 2.05) is 6.07 Å². The van der Waals surface area contributed by atoms with Crippen LogP contribution >= 0.6 is 0 Å². The standard InChI is InChI=1S/C21H24N2O4/c1-6-27-20(25)14-7-9-16-15(11-14)22-19(23(16)21(2,3)4)13-8-10-17(24)18(12-13)26-5/h7-12,24H,6H2,1-5H3. The number of imidazole rings is 1. The van der Waals surface area contributed by atoms with E-state index in [0.29, 0.717) is 23.4 Å². The van der Waals surface area contributed by atoms with Crippen molar-refractivity contribution in [1.82, 2.24) is 9.55 Å². The van der Waals surface area contributed by atoms with E-state index in [0.717, 1.165) is 16.9 Å². The zero-order chi connectivity index (χ0) is 19.8. The minimum Gasteiger partial charge on any atom is -0.504 e. The van der Waals surface area contributed by atoms with Gasteiger partial charge < -0.3 is 19.1 Å². The maximum atomic E-state index is 12.1. The predicted octanol–water partition coefficient (Wildman–Crippen LogP) is 4.35. The number of carbonyl (C=O) groups excluding carboxylic acids is 1. The summed E-state index contributed by atoms with van der Waals surface area (Å²) in [6.07, 6.45) is 0. The molecule has 0 unspecified atom stereocenters. The Morgan fingerprint density at radius 2 is 1.93 bits per heavy atom. The third kappa shape index (κ3) is 3.47. The van der Waals surface area contributed by atoms with E-state index in [2.05, 4.69) is 25.3 Å². The molecule has 27 heavy (non-hydrogen) atoms. The number of benzene rings is 2. The van der Waals surface area contributed by atoms with E-state index in [1.54, 1.807) is 37.3 Å². The highest BCUT2D eigenvalue weighted by Crippen LogP contribution is 2.35. The molecule has 6 heteroatoms. The smallest absolute Gasteiger partial charge is 0.338 e. The molecule has 2 aromatic carbocycles. The lowest BCUT2D eigenvalue weighted by Crippen LogP contribution is -2.22. The van der Waals surface area contributed by atoms with Crippen LogP contribution in [0.1, 0.15) is 38.1 Å². The van der Waals surface area contributed by atoms with Crippen molar-refractivity contribution in [2.75, 3.05) is 13.7 Å². The van der Waals surface area contributed by atoms with E-state index in [-0.39, 0.29) is 17.3 Å². The zero-order valence-electron chi connectivity index (χ0n) is 16.2. The second-order valence-electron chi connectivity index (χ2n) is 7.25. The molecule has 0 fully saturated rings. The molecule has 0 aliphatic carbocycles. The Balaban J connectivity index is 2.24. The van der Waals surface area contributed by atoms with Crippen molar-refractivity contribution in [1.29, 1.82) is 0 Å². The fourth-order valence-electron chi connectivity index (χ4n) is 3.11. The first-order chi connectivity index (χ1) is 12.8. The second-order valence-corrected chi connectivity index (χ2v) is 7.25. The van der Waals surface area contributed by atoms with Crippen LogP contribution in [0.25, 0.3) is 22.4 Å². The van der Waals surface area contributed by atoms with Gasteiger partial charge in [0, 0.05) is 11.1 Å². The summed E-state index contributed by atoms with van der Waals surface area (Å²) in [5, 5.41) is 9.90. The Hall–Kier alpha value is -3.02. The SMILES string of the molecule is CCOC(=O)c1ccc2c(c1)nc(-c1ccc(O)c(OC)c1)n2C(C)(C)C. The molecule has 0 saturated carbocycles. The van der Waals surface area contributed by atoms with Gasteiger partial charge in [0.05, 0.1) is 30.3 Å². The van der Waals surface area contributed by atoms with Crippen LogP contribution in [0.4, 0.5) is 0 Å². The van der Waals surface area contributed by atoms with Gasteiger partial charge in [-0.1, -0.05) is 0 Å². The maximum absolute atomic E-state index is 12.1. The largest absolute Gasteiger partial charge is 0.504 e. The Morgan fingerprint density at radius 3 is 2.56 bits per heavy atom. The van der Waals surface area contributed by atoms with Crippen molar-refractivity contribution in [2.45, 2.75) is 33.2 Å². The highest BCUT2D eigenvalue weighted by molar-refractivity contribution is 5.94. The molecule has 1 heterocycles. The molecule has 3 aromatic rings. The van der Waals surface area contributed by atoms with E-state index >= 15 is 0 Å². The average molecular weight is 368 g/mol. The van der Waals surface area contributed by atoms with E-state index in [9.17, 15) is 9.90 Å². The molecular weight excluding hydrogens is 344 g/mol. The van der Waals surface area contributed by atoms with Crippen LogP contribution in [0.5, 0.6) is 11.5 Å². The zero-order valence-corrected chi connectivity index (χ0v) is 16.2. The van der Waals surface area contributed by atoms with Crippen LogP contribution in [0.3, 0.4) is 0 Å². The van der Waals surface area contributed by atoms with Crippen LogP contribution < -0.4 is 4.74 Å². The molecule has 0 aliphatic heterocycles. The van der Waals surface area contributed by atoms with E-state index < -0.39 is 0 Å². The number of nitrogens with zero attached hydrogens (tertiary/aromatic N) is 2. The minimum atomic E-state index is -0.363. The normalized spacial score (nSPS) is 11.6. The number of phenols is 1. The highest BCUT2D eigenvalue weighted by Gasteiger charge is 2.24. The van der Waals surface area contributed by atoms with Crippen LogP contribution in [-0.2, 0) is 10.3 Å². The molecule has 0 radical (unpaired) electrons. The number of hydrogen-bond acceptors (Lipinski definition) is 5. The third-order valence-corrected chi connectivity index (χ3v) is 4.27. The summed E-state index contributed by atoms with van der Waals surface area (Å²) in [6.45, 7) is 8.38. The summed E-state index contributed by atoms with van der Waals surface area (Å²) in [5.74, 6) is 0.825. The highest BCUT2D eigenvalue weighted by atomic mass is 16.5. The summed E-state index contributed by atoms with van der Waals surface area (Å²) in [5.41, 5.74) is 2.65. The van der Waals surface area contributed by atoms with Crippen LogP contribution in [-0.4, -0.2) is 34.3 Å². The Labute approximate surface area is 158 Å². The number of carbonyl (C=O) groups is 1.